The van der Waals surface area contributed by atoms with Gasteiger partial charge in [-0.3, -0.25) is 9.59 Å². The normalized spacial score (nSPS) is 13.3. The van der Waals surface area contributed by atoms with E-state index in [4.69, 9.17) is 4.74 Å². The molecular weight excluding hydrogens is 509 g/mol. The van der Waals surface area contributed by atoms with Crippen LogP contribution in [0.25, 0.3) is 10.3 Å². The number of pyridine rings is 1. The minimum absolute atomic E-state index is 0.00770. The Bertz CT molecular complexity index is 1500. The van der Waals surface area contributed by atoms with E-state index in [0.29, 0.717) is 32.8 Å². The smallest absolute Gasteiger partial charge is 0.439 e. The Morgan fingerprint density at radius 3 is 2.59 bits per heavy atom. The summed E-state index contributed by atoms with van der Waals surface area (Å²) in [5.74, 6) is -0.373. The van der Waals surface area contributed by atoms with Crippen LogP contribution in [0.5, 0.6) is 17.4 Å². The summed E-state index contributed by atoms with van der Waals surface area (Å²) in [6, 6.07) is 13.1. The SMILES string of the molecule is Cc1ccc(NC(=O)c2cccc(OC(F)(F)F)c2)cc1Oc1ccc2nc(NC(=O)C3CC3)sc2n1. The monoisotopic (exact) mass is 528 g/mol. The summed E-state index contributed by atoms with van der Waals surface area (Å²) in [6.07, 6.45) is -3.07. The third-order valence-corrected chi connectivity index (χ3v) is 6.28. The number of thiazole rings is 1. The number of halogens is 3. The van der Waals surface area contributed by atoms with Crippen molar-refractivity contribution in [2.75, 3.05) is 10.6 Å². The van der Waals surface area contributed by atoms with E-state index >= 15 is 0 Å². The first-order valence-electron chi connectivity index (χ1n) is 11.2. The first-order valence-corrected chi connectivity index (χ1v) is 12.0. The Balaban J connectivity index is 1.29. The van der Waals surface area contributed by atoms with Crippen molar-refractivity contribution in [3.63, 3.8) is 0 Å². The molecule has 2 aromatic carbocycles. The zero-order valence-corrected chi connectivity index (χ0v) is 20.1. The number of anilines is 2. The summed E-state index contributed by atoms with van der Waals surface area (Å²) in [5, 5.41) is 5.93. The molecule has 0 spiro atoms. The van der Waals surface area contributed by atoms with Gasteiger partial charge < -0.3 is 20.1 Å². The largest absolute Gasteiger partial charge is 0.573 e. The third kappa shape index (κ3) is 6.15. The molecule has 190 valence electrons. The number of hydrogen-bond donors (Lipinski definition) is 2. The molecule has 0 atom stereocenters. The van der Waals surface area contributed by atoms with Gasteiger partial charge in [0.15, 0.2) is 5.13 Å². The summed E-state index contributed by atoms with van der Waals surface area (Å²) in [5.41, 5.74) is 1.75. The highest BCUT2D eigenvalue weighted by molar-refractivity contribution is 7.21. The lowest BCUT2D eigenvalue weighted by Gasteiger charge is -2.12. The number of alkyl halides is 3. The van der Waals surface area contributed by atoms with Crippen LogP contribution < -0.4 is 20.1 Å². The maximum absolute atomic E-state index is 12.6. The highest BCUT2D eigenvalue weighted by Gasteiger charge is 2.31. The van der Waals surface area contributed by atoms with Gasteiger partial charge >= 0.3 is 6.36 Å². The Morgan fingerprint density at radius 1 is 1.03 bits per heavy atom. The lowest BCUT2D eigenvalue weighted by atomic mass is 10.1. The fourth-order valence-electron chi connectivity index (χ4n) is 3.40. The summed E-state index contributed by atoms with van der Waals surface area (Å²) in [7, 11) is 0. The number of nitrogens with zero attached hydrogens (tertiary/aromatic N) is 2. The lowest BCUT2D eigenvalue weighted by molar-refractivity contribution is -0.274. The minimum atomic E-state index is -4.86. The molecule has 5 rings (SSSR count). The average Bonchev–Trinajstić information content (AvgIpc) is 3.61. The molecule has 37 heavy (non-hydrogen) atoms. The molecule has 2 amide bonds. The molecular formula is C25H19F3N4O4S. The van der Waals surface area contributed by atoms with Gasteiger partial charge in [-0.05, 0) is 55.7 Å². The number of carbonyl (C=O) groups excluding carboxylic acids is 2. The van der Waals surface area contributed by atoms with Gasteiger partial charge in [0.1, 0.15) is 21.8 Å². The van der Waals surface area contributed by atoms with Crippen LogP contribution in [0.15, 0.2) is 54.6 Å². The van der Waals surface area contributed by atoms with E-state index in [0.717, 1.165) is 30.5 Å². The fourth-order valence-corrected chi connectivity index (χ4v) is 4.23. The molecule has 4 aromatic rings. The van der Waals surface area contributed by atoms with Crippen LogP contribution in [-0.2, 0) is 4.79 Å². The van der Waals surface area contributed by atoms with Crippen LogP contribution in [0.1, 0.15) is 28.8 Å². The zero-order chi connectivity index (χ0) is 26.2. The topological polar surface area (TPSA) is 102 Å². The van der Waals surface area contributed by atoms with Crippen LogP contribution in [-0.4, -0.2) is 28.1 Å². The molecule has 1 fully saturated rings. The predicted molar refractivity (Wildman–Crippen MR) is 131 cm³/mol. The van der Waals surface area contributed by atoms with E-state index in [1.165, 1.54) is 23.5 Å². The third-order valence-electron chi connectivity index (χ3n) is 5.40. The molecule has 12 heteroatoms. The van der Waals surface area contributed by atoms with Crippen LogP contribution in [0.3, 0.4) is 0 Å². The van der Waals surface area contributed by atoms with E-state index in [2.05, 4.69) is 25.3 Å². The second-order valence-electron chi connectivity index (χ2n) is 8.37. The van der Waals surface area contributed by atoms with Crippen LogP contribution in [0.2, 0.25) is 0 Å². The number of ether oxygens (including phenoxy) is 2. The average molecular weight is 529 g/mol. The van der Waals surface area contributed by atoms with Gasteiger partial charge in [0.05, 0.1) is 0 Å². The quantitative estimate of drug-likeness (QED) is 0.292. The lowest BCUT2D eigenvalue weighted by Crippen LogP contribution is -2.18. The van der Waals surface area contributed by atoms with E-state index in [9.17, 15) is 22.8 Å². The van der Waals surface area contributed by atoms with Gasteiger partial charge in [-0.15, -0.1) is 13.2 Å². The van der Waals surface area contributed by atoms with E-state index in [1.54, 1.807) is 30.3 Å². The first-order chi connectivity index (χ1) is 17.6. The Hall–Kier alpha value is -4.19. The second-order valence-corrected chi connectivity index (χ2v) is 9.35. The molecule has 1 saturated carbocycles. The number of rotatable bonds is 7. The number of benzene rings is 2. The first kappa shape index (κ1) is 24.5. The Morgan fingerprint density at radius 2 is 1.84 bits per heavy atom. The highest BCUT2D eigenvalue weighted by atomic mass is 32.1. The van der Waals surface area contributed by atoms with Crippen molar-refractivity contribution in [1.29, 1.82) is 0 Å². The van der Waals surface area contributed by atoms with Crippen molar-refractivity contribution < 1.29 is 32.2 Å². The van der Waals surface area contributed by atoms with Gasteiger partial charge in [-0.1, -0.05) is 23.5 Å². The molecule has 0 aliphatic heterocycles. The molecule has 2 aromatic heterocycles. The molecule has 0 unspecified atom stereocenters. The number of amides is 2. The van der Waals surface area contributed by atoms with Crippen molar-refractivity contribution in [2.45, 2.75) is 26.1 Å². The number of fused-ring (bicyclic) bond motifs is 1. The number of aromatic nitrogens is 2. The molecule has 0 bridgehead atoms. The summed E-state index contributed by atoms with van der Waals surface area (Å²) >= 11 is 1.24. The molecule has 0 radical (unpaired) electrons. The molecule has 8 nitrogen and oxygen atoms in total. The van der Waals surface area contributed by atoms with Crippen molar-refractivity contribution in [1.82, 2.24) is 9.97 Å². The predicted octanol–water partition coefficient (Wildman–Crippen LogP) is 6.29. The maximum atomic E-state index is 12.6. The van der Waals surface area contributed by atoms with Gasteiger partial charge in [-0.25, -0.2) is 9.97 Å². The van der Waals surface area contributed by atoms with Crippen molar-refractivity contribution in [2.24, 2.45) is 5.92 Å². The van der Waals surface area contributed by atoms with Crippen molar-refractivity contribution in [3.05, 3.63) is 65.7 Å². The minimum Gasteiger partial charge on any atom is -0.439 e. The van der Waals surface area contributed by atoms with Crippen LogP contribution in [0.4, 0.5) is 24.0 Å². The number of nitrogens with one attached hydrogen (secondary N) is 2. The van der Waals surface area contributed by atoms with E-state index < -0.39 is 18.0 Å². The molecule has 0 saturated heterocycles. The number of carbonyl (C=O) groups is 2. The van der Waals surface area contributed by atoms with Crippen LogP contribution >= 0.6 is 11.3 Å². The molecule has 2 heterocycles. The van der Waals surface area contributed by atoms with E-state index in [-0.39, 0.29) is 17.4 Å². The second kappa shape index (κ2) is 9.69. The van der Waals surface area contributed by atoms with Crippen LogP contribution in [0, 0.1) is 12.8 Å². The molecule has 1 aliphatic rings. The Labute approximate surface area is 212 Å². The van der Waals surface area contributed by atoms with Crippen molar-refractivity contribution >= 4 is 44.3 Å². The summed E-state index contributed by atoms with van der Waals surface area (Å²) in [4.78, 5) is 34.1. The number of aryl methyl sites for hydroxylation is 1. The number of hydrogen-bond acceptors (Lipinski definition) is 7. The molecule has 1 aliphatic carbocycles. The van der Waals surface area contributed by atoms with E-state index in [1.807, 2.05) is 6.92 Å². The maximum Gasteiger partial charge on any atom is 0.573 e. The zero-order valence-electron chi connectivity index (χ0n) is 19.3. The fraction of sp³-hybridized carbons (Fsp3) is 0.200. The van der Waals surface area contributed by atoms with Gasteiger partial charge in [-0.2, -0.15) is 0 Å². The summed E-state index contributed by atoms with van der Waals surface area (Å²) < 4.78 is 47.3. The molecule has 2 N–H and O–H groups in total. The van der Waals surface area contributed by atoms with Crippen molar-refractivity contribution in [3.8, 4) is 17.4 Å². The summed E-state index contributed by atoms with van der Waals surface area (Å²) in [6.45, 7) is 1.82. The standard InChI is InChI=1S/C25H19F3N4O4S/c1-13-5-8-16(29-22(34)15-3-2-4-17(11-15)36-25(26,27)28)12-19(13)35-20-10-9-18-23(31-20)37-24(30-18)32-21(33)14-6-7-14/h2-5,8-12,14H,6-7H2,1H3,(H,29,34)(H,30,32,33). The Kier molecular flexibility index (Phi) is 6.42. The van der Waals surface area contributed by atoms with Gasteiger partial charge in [0.2, 0.25) is 11.8 Å². The highest BCUT2D eigenvalue weighted by Crippen LogP contribution is 2.33. The van der Waals surface area contributed by atoms with Gasteiger partial charge in [0, 0.05) is 29.3 Å². The van der Waals surface area contributed by atoms with Gasteiger partial charge in [0.25, 0.3) is 5.91 Å².